The van der Waals surface area contributed by atoms with E-state index < -0.39 is 5.41 Å². The van der Waals surface area contributed by atoms with Crippen molar-refractivity contribution in [2.45, 2.75) is 57.8 Å². The Balaban J connectivity index is 2.49. The number of benzene rings is 1. The Morgan fingerprint density at radius 2 is 1.96 bits per heavy atom. The number of hydrogen-bond donors (Lipinski definition) is 3. The smallest absolute Gasteiger partial charge is 0.171 e. The molecule has 0 radical (unpaired) electrons. The second kappa shape index (κ2) is 8.72. The average molecular weight is 379 g/mol. The molecule has 25 heavy (non-hydrogen) atoms. The molecule has 2 unspecified atom stereocenters. The molecule has 4 nitrogen and oxygen atoms in total. The van der Waals surface area contributed by atoms with E-state index in [0.29, 0.717) is 18.2 Å². The molecule has 0 fully saturated rings. The van der Waals surface area contributed by atoms with E-state index in [1.165, 1.54) is 0 Å². The van der Waals surface area contributed by atoms with Gasteiger partial charge in [0.15, 0.2) is 10.1 Å². The molecule has 2 aromatic rings. The van der Waals surface area contributed by atoms with E-state index in [4.69, 9.17) is 24.4 Å². The van der Waals surface area contributed by atoms with Crippen LogP contribution >= 0.6 is 24.4 Å². The summed E-state index contributed by atoms with van der Waals surface area (Å²) in [5, 5.41) is 20.0. The summed E-state index contributed by atoms with van der Waals surface area (Å²) >= 11 is 10.2. The zero-order valence-electron chi connectivity index (χ0n) is 14.8. The minimum Gasteiger partial charge on any atom is -0.502 e. The highest BCUT2D eigenvalue weighted by atomic mass is 32.1. The van der Waals surface area contributed by atoms with Crippen LogP contribution in [0.1, 0.15) is 58.2 Å². The third-order valence-electron chi connectivity index (χ3n) is 4.89. The van der Waals surface area contributed by atoms with E-state index in [1.807, 2.05) is 24.3 Å². The van der Waals surface area contributed by atoms with Gasteiger partial charge in [0, 0.05) is 6.42 Å². The summed E-state index contributed by atoms with van der Waals surface area (Å²) in [6.45, 7) is 4.31. The largest absolute Gasteiger partial charge is 0.502 e. The van der Waals surface area contributed by atoms with Crippen molar-refractivity contribution in [2.75, 3.05) is 0 Å². The number of fused-ring (bicyclic) bond motifs is 1. The van der Waals surface area contributed by atoms with Gasteiger partial charge in [-0.05, 0) is 48.9 Å². The lowest BCUT2D eigenvalue weighted by Gasteiger charge is -2.32. The fraction of sp³-hybridized carbons (Fsp3) is 0.526. The highest BCUT2D eigenvalue weighted by Crippen LogP contribution is 2.38. The molecule has 3 N–H and O–H groups in total. The number of imidazole rings is 1. The van der Waals surface area contributed by atoms with Crippen molar-refractivity contribution in [1.82, 2.24) is 9.97 Å². The molecule has 0 aliphatic heterocycles. The molecule has 136 valence electrons. The summed E-state index contributed by atoms with van der Waals surface area (Å²) in [5.74, 6) is 0.945. The summed E-state index contributed by atoms with van der Waals surface area (Å²) in [7, 11) is 0. The molecular weight excluding hydrogens is 352 g/mol. The minimum atomic E-state index is -0.964. The molecule has 2 rings (SSSR count). The van der Waals surface area contributed by atoms with Gasteiger partial charge >= 0.3 is 0 Å². The van der Waals surface area contributed by atoms with Gasteiger partial charge < -0.3 is 15.2 Å². The first-order valence-electron chi connectivity index (χ1n) is 8.83. The van der Waals surface area contributed by atoms with Crippen molar-refractivity contribution in [3.63, 3.8) is 0 Å². The van der Waals surface area contributed by atoms with Gasteiger partial charge in [0.2, 0.25) is 0 Å². The Kier molecular flexibility index (Phi) is 6.90. The highest BCUT2D eigenvalue weighted by molar-refractivity contribution is 7.80. The fourth-order valence-electron chi connectivity index (χ4n) is 3.39. The quantitative estimate of drug-likeness (QED) is 0.472. The maximum Gasteiger partial charge on any atom is 0.171 e. The number of para-hydroxylation sites is 2. The van der Waals surface area contributed by atoms with Crippen LogP contribution in [0.25, 0.3) is 11.0 Å². The SMILES string of the molecule is CCCCC(CC)CC(CC(O)=S)(C(O)=S)c1nc2ccccc2[nH]1. The van der Waals surface area contributed by atoms with Crippen molar-refractivity contribution in [3.05, 3.63) is 30.1 Å². The van der Waals surface area contributed by atoms with Gasteiger partial charge in [0.1, 0.15) is 11.2 Å². The summed E-state index contributed by atoms with van der Waals surface area (Å²) in [6, 6.07) is 7.68. The molecule has 0 aliphatic rings. The molecule has 0 saturated carbocycles. The average Bonchev–Trinajstić information content (AvgIpc) is 3.01. The molecular formula is C19H26N2O2S2. The fourth-order valence-corrected chi connectivity index (χ4v) is 3.89. The predicted octanol–water partition coefficient (Wildman–Crippen LogP) is 5.57. The van der Waals surface area contributed by atoms with E-state index >= 15 is 0 Å². The normalized spacial score (nSPS) is 15.0. The Morgan fingerprint density at radius 3 is 2.52 bits per heavy atom. The van der Waals surface area contributed by atoms with E-state index in [9.17, 15) is 10.2 Å². The number of rotatable bonds is 10. The van der Waals surface area contributed by atoms with Gasteiger partial charge in [-0.25, -0.2) is 4.98 Å². The molecule has 1 aromatic carbocycles. The van der Waals surface area contributed by atoms with Crippen LogP contribution in [0.2, 0.25) is 0 Å². The van der Waals surface area contributed by atoms with Crippen molar-refractivity contribution >= 4 is 45.6 Å². The number of thiocarbonyl (C=S) groups is 2. The van der Waals surface area contributed by atoms with Gasteiger partial charge in [0.25, 0.3) is 0 Å². The zero-order chi connectivity index (χ0) is 18.4. The molecule has 1 heterocycles. The Bertz CT molecular complexity index is 711. The third-order valence-corrected chi connectivity index (χ3v) is 5.42. The first-order chi connectivity index (χ1) is 11.9. The van der Waals surface area contributed by atoms with Crippen LogP contribution < -0.4 is 0 Å². The number of nitrogens with zero attached hydrogens (tertiary/aromatic N) is 1. The molecule has 0 aliphatic carbocycles. The first kappa shape index (κ1) is 19.8. The van der Waals surface area contributed by atoms with Crippen molar-refractivity contribution < 1.29 is 10.2 Å². The van der Waals surface area contributed by atoms with Crippen molar-refractivity contribution in [3.8, 4) is 0 Å². The summed E-state index contributed by atoms with van der Waals surface area (Å²) in [4.78, 5) is 7.93. The highest BCUT2D eigenvalue weighted by Gasteiger charge is 2.43. The monoisotopic (exact) mass is 378 g/mol. The minimum absolute atomic E-state index is 0.0973. The lowest BCUT2D eigenvalue weighted by molar-refractivity contribution is 0.315. The standard InChI is InChI=1S/C19H26N2O2S2/c1-3-5-8-13(4-2)11-19(18(23)25,12-16(22)24)17-20-14-9-6-7-10-15(14)21-17/h6-7,9-10,13H,3-5,8,11-12H2,1-2H3,(H,20,21)(H,22,24)(H,23,25). The molecule has 0 saturated heterocycles. The second-order valence-corrected chi connectivity index (χ2v) is 7.54. The van der Waals surface area contributed by atoms with E-state index in [1.54, 1.807) is 0 Å². The van der Waals surface area contributed by atoms with E-state index in [2.05, 4.69) is 23.8 Å². The number of nitrogens with one attached hydrogen (secondary N) is 1. The lowest BCUT2D eigenvalue weighted by Crippen LogP contribution is -2.40. The maximum absolute atomic E-state index is 10.5. The second-order valence-electron chi connectivity index (χ2n) is 6.68. The molecule has 6 heteroatoms. The number of aromatic nitrogens is 2. The molecule has 2 atom stereocenters. The lowest BCUT2D eigenvalue weighted by atomic mass is 9.74. The number of aliphatic hydroxyl groups is 2. The van der Waals surface area contributed by atoms with E-state index in [0.717, 1.165) is 36.7 Å². The first-order valence-corrected chi connectivity index (χ1v) is 9.65. The van der Waals surface area contributed by atoms with Gasteiger partial charge in [0.05, 0.1) is 11.0 Å². The molecule has 0 amide bonds. The van der Waals surface area contributed by atoms with Crippen LogP contribution in [0.15, 0.2) is 24.3 Å². The Hall–Kier alpha value is -1.53. The maximum atomic E-state index is 10.5. The summed E-state index contributed by atoms with van der Waals surface area (Å²) in [5.41, 5.74) is 0.724. The van der Waals surface area contributed by atoms with Crippen LogP contribution in [0, 0.1) is 5.92 Å². The van der Waals surface area contributed by atoms with Crippen LogP contribution in [0.5, 0.6) is 0 Å². The molecule has 1 aromatic heterocycles. The van der Waals surface area contributed by atoms with Crippen LogP contribution in [-0.4, -0.2) is 30.3 Å². The summed E-state index contributed by atoms with van der Waals surface area (Å²) in [6.07, 6.45) is 4.98. The Morgan fingerprint density at radius 1 is 1.24 bits per heavy atom. The topological polar surface area (TPSA) is 69.1 Å². The predicted molar refractivity (Wildman–Crippen MR) is 111 cm³/mol. The van der Waals surface area contributed by atoms with Crippen molar-refractivity contribution in [1.29, 1.82) is 0 Å². The number of hydrogen-bond acceptors (Lipinski definition) is 3. The Labute approximate surface area is 159 Å². The van der Waals surface area contributed by atoms with Gasteiger partial charge in [-0.15, -0.1) is 0 Å². The van der Waals surface area contributed by atoms with Gasteiger partial charge in [-0.3, -0.25) is 0 Å². The van der Waals surface area contributed by atoms with Crippen LogP contribution in [0.4, 0.5) is 0 Å². The zero-order valence-corrected chi connectivity index (χ0v) is 16.4. The number of aromatic amines is 1. The van der Waals surface area contributed by atoms with Gasteiger partial charge in [-0.1, -0.05) is 51.7 Å². The number of aliphatic hydroxyl groups excluding tert-OH is 2. The van der Waals surface area contributed by atoms with Crippen LogP contribution in [-0.2, 0) is 5.41 Å². The van der Waals surface area contributed by atoms with Crippen molar-refractivity contribution in [2.24, 2.45) is 5.92 Å². The summed E-state index contributed by atoms with van der Waals surface area (Å²) < 4.78 is 0. The van der Waals surface area contributed by atoms with E-state index in [-0.39, 0.29) is 16.5 Å². The third kappa shape index (κ3) is 4.55. The molecule has 0 spiro atoms. The number of unbranched alkanes of at least 4 members (excludes halogenated alkanes) is 1. The van der Waals surface area contributed by atoms with Gasteiger partial charge in [-0.2, -0.15) is 0 Å². The molecule has 0 bridgehead atoms. The van der Waals surface area contributed by atoms with Crippen LogP contribution in [0.3, 0.4) is 0 Å². The number of H-pyrrole nitrogens is 1.